The first-order valence-electron chi connectivity index (χ1n) is 6.36. The lowest BCUT2D eigenvalue weighted by Gasteiger charge is -1.92. The summed E-state index contributed by atoms with van der Waals surface area (Å²) in [5.74, 6) is 1.20. The van der Waals surface area contributed by atoms with Crippen LogP contribution in [0.5, 0.6) is 0 Å². The van der Waals surface area contributed by atoms with Gasteiger partial charge in [0.2, 0.25) is 0 Å². The highest BCUT2D eigenvalue weighted by molar-refractivity contribution is 5.69. The summed E-state index contributed by atoms with van der Waals surface area (Å²) >= 11 is 0. The Morgan fingerprint density at radius 1 is 1.16 bits per heavy atom. The van der Waals surface area contributed by atoms with Crippen LogP contribution < -0.4 is 4.40 Å². The van der Waals surface area contributed by atoms with Crippen molar-refractivity contribution in [2.45, 2.75) is 6.54 Å². The zero-order chi connectivity index (χ0) is 12.4. The first kappa shape index (κ1) is 9.33. The van der Waals surface area contributed by atoms with Crippen LogP contribution in [0, 0.1) is 0 Å². The van der Waals surface area contributed by atoms with Gasteiger partial charge in [-0.1, -0.05) is 6.07 Å². The van der Waals surface area contributed by atoms with Crippen molar-refractivity contribution in [2.24, 2.45) is 0 Å². The molecule has 0 aromatic carbocycles. The fraction of sp³-hybridized carbons (Fsp3) is 0.0667. The van der Waals surface area contributed by atoms with E-state index in [1.807, 2.05) is 12.4 Å². The molecule has 4 aromatic rings. The number of rotatable bonds is 0. The fourth-order valence-corrected chi connectivity index (χ4v) is 3.09. The van der Waals surface area contributed by atoms with Crippen molar-refractivity contribution in [3.05, 3.63) is 60.8 Å². The molecule has 5 rings (SSSR count). The van der Waals surface area contributed by atoms with Crippen molar-refractivity contribution in [3.63, 3.8) is 0 Å². The molecule has 0 aliphatic carbocycles. The number of imidazole rings is 2. The number of nitrogens with zero attached hydrogens (tertiary/aromatic N) is 4. The summed E-state index contributed by atoms with van der Waals surface area (Å²) in [6.07, 6.45) is 10.3. The van der Waals surface area contributed by atoms with Crippen LogP contribution in [0.25, 0.3) is 22.6 Å². The Morgan fingerprint density at radius 2 is 2.16 bits per heavy atom. The van der Waals surface area contributed by atoms with Gasteiger partial charge in [-0.3, -0.25) is 4.98 Å². The number of hydrogen-bond donors (Lipinski definition) is 0. The number of fused-ring (bicyclic) bond motifs is 7. The number of aromatic nitrogens is 4. The van der Waals surface area contributed by atoms with Crippen molar-refractivity contribution in [1.82, 2.24) is 14.0 Å². The van der Waals surface area contributed by atoms with E-state index in [4.69, 9.17) is 0 Å². The predicted octanol–water partition coefficient (Wildman–Crippen LogP) is 1.90. The van der Waals surface area contributed by atoms with E-state index in [0.717, 1.165) is 6.54 Å². The van der Waals surface area contributed by atoms with Crippen LogP contribution in [0.2, 0.25) is 0 Å². The molecule has 5 heterocycles. The van der Waals surface area contributed by atoms with Crippen LogP contribution in [0.3, 0.4) is 0 Å². The van der Waals surface area contributed by atoms with Gasteiger partial charge in [-0.05, 0) is 18.2 Å². The van der Waals surface area contributed by atoms with Crippen LogP contribution >= 0.6 is 0 Å². The monoisotopic (exact) mass is 247 g/mol. The maximum Gasteiger partial charge on any atom is 0.374 e. The van der Waals surface area contributed by atoms with Gasteiger partial charge in [0.15, 0.2) is 0 Å². The van der Waals surface area contributed by atoms with Crippen molar-refractivity contribution >= 4 is 11.3 Å². The van der Waals surface area contributed by atoms with Gasteiger partial charge >= 0.3 is 5.78 Å². The Morgan fingerprint density at radius 3 is 3.16 bits per heavy atom. The molecule has 0 amide bonds. The average Bonchev–Trinajstić information content (AvgIpc) is 3.05. The van der Waals surface area contributed by atoms with Gasteiger partial charge in [0.25, 0.3) is 0 Å². The molecule has 1 aliphatic rings. The van der Waals surface area contributed by atoms with E-state index in [9.17, 15) is 0 Å². The van der Waals surface area contributed by atoms with Gasteiger partial charge in [-0.2, -0.15) is 0 Å². The Balaban J connectivity index is 1.94. The second kappa shape index (κ2) is 3.03. The van der Waals surface area contributed by atoms with E-state index in [1.54, 1.807) is 0 Å². The number of hydrogen-bond acceptors (Lipinski definition) is 1. The SMILES string of the molecule is c1ccn2c(c1)c[n+]1cc3n(c21)Cc1cnccc1-3. The van der Waals surface area contributed by atoms with Crippen LogP contribution in [-0.2, 0) is 6.54 Å². The molecular weight excluding hydrogens is 236 g/mol. The largest absolute Gasteiger partial charge is 0.374 e. The van der Waals surface area contributed by atoms with Gasteiger partial charge < -0.3 is 0 Å². The van der Waals surface area contributed by atoms with Gasteiger partial charge in [0.05, 0.1) is 12.7 Å². The van der Waals surface area contributed by atoms with Crippen LogP contribution in [0.15, 0.2) is 55.2 Å². The fourth-order valence-electron chi connectivity index (χ4n) is 3.09. The lowest BCUT2D eigenvalue weighted by atomic mass is 10.1. The summed E-state index contributed by atoms with van der Waals surface area (Å²) in [4.78, 5) is 4.22. The third-order valence-corrected chi connectivity index (χ3v) is 3.91. The van der Waals surface area contributed by atoms with Gasteiger partial charge in [-0.15, -0.1) is 0 Å². The Hall–Kier alpha value is -2.62. The summed E-state index contributed by atoms with van der Waals surface area (Å²) < 4.78 is 6.77. The molecule has 0 spiro atoms. The minimum absolute atomic E-state index is 0.899. The molecule has 0 unspecified atom stereocenters. The summed E-state index contributed by atoms with van der Waals surface area (Å²) in [5, 5.41) is 0. The zero-order valence-corrected chi connectivity index (χ0v) is 10.2. The van der Waals surface area contributed by atoms with Crippen molar-refractivity contribution in [1.29, 1.82) is 0 Å². The average molecular weight is 247 g/mol. The van der Waals surface area contributed by atoms with E-state index in [2.05, 4.69) is 61.2 Å². The molecule has 4 heteroatoms. The van der Waals surface area contributed by atoms with Crippen molar-refractivity contribution < 1.29 is 4.40 Å². The van der Waals surface area contributed by atoms with Crippen LogP contribution in [0.4, 0.5) is 0 Å². The van der Waals surface area contributed by atoms with Crippen molar-refractivity contribution in [2.75, 3.05) is 0 Å². The first-order chi connectivity index (χ1) is 9.42. The van der Waals surface area contributed by atoms with Crippen molar-refractivity contribution in [3.8, 4) is 11.3 Å². The van der Waals surface area contributed by atoms with Gasteiger partial charge in [-0.25, -0.2) is 13.4 Å². The Kier molecular flexibility index (Phi) is 1.49. The molecule has 4 aromatic heterocycles. The molecule has 0 atom stereocenters. The summed E-state index contributed by atoms with van der Waals surface area (Å²) in [5.41, 5.74) is 5.07. The lowest BCUT2D eigenvalue weighted by molar-refractivity contribution is -0.508. The molecule has 0 radical (unpaired) electrons. The van der Waals surface area contributed by atoms with Gasteiger partial charge in [0.1, 0.15) is 23.6 Å². The zero-order valence-electron chi connectivity index (χ0n) is 10.2. The molecular formula is C15H11N4+. The number of pyridine rings is 2. The topological polar surface area (TPSA) is 26.3 Å². The highest BCUT2D eigenvalue weighted by atomic mass is 15.2. The molecule has 19 heavy (non-hydrogen) atoms. The maximum atomic E-state index is 4.22. The van der Waals surface area contributed by atoms with Crippen LogP contribution in [-0.4, -0.2) is 14.0 Å². The molecule has 0 bridgehead atoms. The van der Waals surface area contributed by atoms with E-state index in [0.29, 0.717) is 0 Å². The molecule has 1 aliphatic heterocycles. The Labute approximate surface area is 109 Å². The third kappa shape index (κ3) is 1.04. The maximum absolute atomic E-state index is 4.22. The first-order valence-corrected chi connectivity index (χ1v) is 6.36. The molecule has 0 N–H and O–H groups in total. The lowest BCUT2D eigenvalue weighted by Crippen LogP contribution is -2.16. The van der Waals surface area contributed by atoms with E-state index in [1.165, 1.54) is 28.1 Å². The minimum Gasteiger partial charge on any atom is -0.264 e. The summed E-state index contributed by atoms with van der Waals surface area (Å²) in [6.45, 7) is 0.899. The smallest absolute Gasteiger partial charge is 0.264 e. The second-order valence-electron chi connectivity index (χ2n) is 4.97. The summed E-state index contributed by atoms with van der Waals surface area (Å²) in [6, 6.07) is 8.36. The van der Waals surface area contributed by atoms with E-state index >= 15 is 0 Å². The van der Waals surface area contributed by atoms with Crippen LogP contribution in [0.1, 0.15) is 5.56 Å². The van der Waals surface area contributed by atoms with E-state index in [-0.39, 0.29) is 0 Å². The minimum atomic E-state index is 0.899. The Bertz CT molecular complexity index is 945. The molecule has 4 nitrogen and oxygen atoms in total. The summed E-state index contributed by atoms with van der Waals surface area (Å²) in [7, 11) is 0. The molecule has 0 saturated heterocycles. The normalized spacial score (nSPS) is 13.1. The molecule has 0 saturated carbocycles. The third-order valence-electron chi connectivity index (χ3n) is 3.91. The van der Waals surface area contributed by atoms with E-state index < -0.39 is 0 Å². The standard InChI is InChI=1S/C15H11N4/c1-2-6-18-12(3-1)9-17-10-14-13-4-5-16-7-11(13)8-19(14)15(17)18/h1-7,9-10H,8H2/q+1. The highest BCUT2D eigenvalue weighted by Gasteiger charge is 2.29. The quantitative estimate of drug-likeness (QED) is 0.384. The predicted molar refractivity (Wildman–Crippen MR) is 70.9 cm³/mol. The molecule has 0 fully saturated rings. The second-order valence-corrected chi connectivity index (χ2v) is 4.97. The van der Waals surface area contributed by atoms with Gasteiger partial charge in [0, 0.05) is 23.5 Å². The molecule has 90 valence electrons. The highest BCUT2D eigenvalue weighted by Crippen LogP contribution is 2.31.